The number of aromatic nitrogens is 1. The van der Waals surface area contributed by atoms with Gasteiger partial charge in [-0.05, 0) is 68.2 Å². The van der Waals surface area contributed by atoms with E-state index >= 15 is 0 Å². The summed E-state index contributed by atoms with van der Waals surface area (Å²) in [6, 6.07) is 23.6. The highest BCUT2D eigenvalue weighted by Crippen LogP contribution is 2.35. The highest BCUT2D eigenvalue weighted by Gasteiger charge is 2.28. The highest BCUT2D eigenvalue weighted by atomic mass is 32.2. The molecule has 0 bridgehead atoms. The van der Waals surface area contributed by atoms with E-state index in [9.17, 15) is 13.5 Å². The van der Waals surface area contributed by atoms with E-state index in [2.05, 4.69) is 60.1 Å². The van der Waals surface area contributed by atoms with Crippen molar-refractivity contribution >= 4 is 32.2 Å². The molecule has 0 saturated carbocycles. The number of hydrogen-bond donors (Lipinski definition) is 2. The molecule has 0 aliphatic carbocycles. The van der Waals surface area contributed by atoms with E-state index in [1.807, 2.05) is 37.3 Å². The zero-order chi connectivity index (χ0) is 27.6. The number of benzene rings is 3. The van der Waals surface area contributed by atoms with Gasteiger partial charge in [0.15, 0.2) is 0 Å². The molecule has 4 aromatic rings. The second-order valence-electron chi connectivity index (χ2n) is 10.3. The van der Waals surface area contributed by atoms with Crippen molar-refractivity contribution in [2.75, 3.05) is 25.0 Å². The zero-order valence-corrected chi connectivity index (χ0v) is 23.7. The average Bonchev–Trinajstić information content (AvgIpc) is 3.23. The lowest BCUT2D eigenvalue weighted by atomic mass is 9.97. The smallest absolute Gasteiger partial charge is 0.243 e. The summed E-state index contributed by atoms with van der Waals surface area (Å²) in [7, 11) is -3.54. The number of aryl methyl sites for hydroxylation is 2. The van der Waals surface area contributed by atoms with Crippen LogP contribution >= 0.6 is 0 Å². The molecule has 1 aliphatic rings. The van der Waals surface area contributed by atoms with Gasteiger partial charge in [-0.15, -0.1) is 0 Å². The van der Waals surface area contributed by atoms with Crippen molar-refractivity contribution in [3.63, 3.8) is 0 Å². The quantitative estimate of drug-likeness (QED) is 0.281. The number of anilines is 1. The van der Waals surface area contributed by atoms with E-state index in [1.165, 1.54) is 5.56 Å². The predicted octanol–water partition coefficient (Wildman–Crippen LogP) is 5.77. The fraction of sp³-hybridized carbons (Fsp3) is 0.312. The lowest BCUT2D eigenvalue weighted by Crippen LogP contribution is -2.34. The van der Waals surface area contributed by atoms with Gasteiger partial charge < -0.3 is 15.0 Å². The molecule has 1 atom stereocenters. The monoisotopic (exact) mass is 543 g/mol. The van der Waals surface area contributed by atoms with E-state index in [0.29, 0.717) is 37.5 Å². The lowest BCUT2D eigenvalue weighted by Gasteiger charge is -2.26. The Hall–Kier alpha value is -3.39. The van der Waals surface area contributed by atoms with Crippen molar-refractivity contribution < 1.29 is 13.5 Å². The van der Waals surface area contributed by atoms with Gasteiger partial charge in [0, 0.05) is 47.5 Å². The van der Waals surface area contributed by atoms with Crippen LogP contribution in [0.2, 0.25) is 0 Å². The van der Waals surface area contributed by atoms with Gasteiger partial charge in [0.05, 0.1) is 17.5 Å². The largest absolute Gasteiger partial charge is 0.389 e. The molecule has 7 heteroatoms. The number of para-hydroxylation sites is 1. The first-order chi connectivity index (χ1) is 18.8. The Morgan fingerprint density at radius 2 is 1.69 bits per heavy atom. The van der Waals surface area contributed by atoms with Gasteiger partial charge in [-0.3, -0.25) is 0 Å². The molecule has 1 aromatic heterocycles. The van der Waals surface area contributed by atoms with Crippen molar-refractivity contribution in [2.24, 2.45) is 0 Å². The lowest BCUT2D eigenvalue weighted by molar-refractivity contribution is 0.167. The molecule has 1 unspecified atom stereocenters. The SMILES string of the molecule is CCc1ccc(NCC(O)Cn2c(C)c(C3=CCN(S(=O)(=O)c4ccc(C)cc4)CC3)c3ccccc32)cc1. The third-order valence-corrected chi connectivity index (χ3v) is 9.56. The maximum Gasteiger partial charge on any atom is 0.243 e. The molecule has 5 rings (SSSR count). The van der Waals surface area contributed by atoms with Crippen LogP contribution in [0.25, 0.3) is 16.5 Å². The second-order valence-corrected chi connectivity index (χ2v) is 12.3. The number of nitrogens with one attached hydrogen (secondary N) is 1. The minimum atomic E-state index is -3.54. The van der Waals surface area contributed by atoms with Crippen molar-refractivity contribution in [1.82, 2.24) is 8.87 Å². The Bertz CT molecular complexity index is 1590. The molecule has 39 heavy (non-hydrogen) atoms. The molecule has 0 spiro atoms. The first-order valence-electron chi connectivity index (χ1n) is 13.6. The fourth-order valence-corrected chi connectivity index (χ4v) is 6.78. The number of hydrogen-bond acceptors (Lipinski definition) is 4. The van der Waals surface area contributed by atoms with Gasteiger partial charge in [0.1, 0.15) is 0 Å². The van der Waals surface area contributed by atoms with E-state index in [0.717, 1.165) is 45.4 Å². The Morgan fingerprint density at radius 1 is 0.974 bits per heavy atom. The van der Waals surface area contributed by atoms with Crippen molar-refractivity contribution in [3.05, 3.63) is 101 Å². The number of aliphatic hydroxyl groups excluding tert-OH is 1. The minimum absolute atomic E-state index is 0.335. The summed E-state index contributed by atoms with van der Waals surface area (Å²) in [5.74, 6) is 0. The van der Waals surface area contributed by atoms with Gasteiger partial charge >= 0.3 is 0 Å². The van der Waals surface area contributed by atoms with Crippen LogP contribution in [0.15, 0.2) is 83.8 Å². The van der Waals surface area contributed by atoms with Gasteiger partial charge in [-0.25, -0.2) is 8.42 Å². The Balaban J connectivity index is 1.35. The maximum absolute atomic E-state index is 13.2. The molecule has 0 saturated heterocycles. The summed E-state index contributed by atoms with van der Waals surface area (Å²) >= 11 is 0. The molecule has 0 radical (unpaired) electrons. The molecule has 6 nitrogen and oxygen atoms in total. The molecule has 2 N–H and O–H groups in total. The molecular weight excluding hydrogens is 506 g/mol. The van der Waals surface area contributed by atoms with Crippen LogP contribution in [0, 0.1) is 13.8 Å². The van der Waals surface area contributed by atoms with Crippen LogP contribution in [0.1, 0.15) is 35.7 Å². The van der Waals surface area contributed by atoms with Crippen LogP contribution in [0.4, 0.5) is 5.69 Å². The average molecular weight is 544 g/mol. The molecule has 3 aromatic carbocycles. The molecule has 0 fully saturated rings. The molecule has 204 valence electrons. The number of sulfonamides is 1. The van der Waals surface area contributed by atoms with Gasteiger partial charge in [-0.1, -0.05) is 61.0 Å². The number of aliphatic hydroxyl groups is 1. The normalized spacial score (nSPS) is 15.3. The van der Waals surface area contributed by atoms with E-state index in [4.69, 9.17) is 0 Å². The summed E-state index contributed by atoms with van der Waals surface area (Å²) in [5.41, 5.74) is 7.79. The van der Waals surface area contributed by atoms with Crippen LogP contribution < -0.4 is 5.32 Å². The summed E-state index contributed by atoms with van der Waals surface area (Å²) in [4.78, 5) is 0.335. The fourth-order valence-electron chi connectivity index (χ4n) is 5.40. The Kier molecular flexibility index (Phi) is 7.93. The molecule has 2 heterocycles. The summed E-state index contributed by atoms with van der Waals surface area (Å²) < 4.78 is 30.1. The topological polar surface area (TPSA) is 74.6 Å². The van der Waals surface area contributed by atoms with E-state index in [-0.39, 0.29) is 0 Å². The first kappa shape index (κ1) is 27.2. The molecule has 1 aliphatic heterocycles. The standard InChI is InChI=1S/C32H37N3O3S/c1-4-25-11-13-27(14-12-25)33-21-28(36)22-35-24(3)32(30-7-5-6-8-31(30)35)26-17-19-34(20-18-26)39(37,38)29-15-9-23(2)10-16-29/h5-17,28,33,36H,4,18-22H2,1-3H3. The molecular formula is C32H37N3O3S. The van der Waals surface area contributed by atoms with Crippen LogP contribution in [-0.2, 0) is 23.0 Å². The Labute approximate surface area is 231 Å². The van der Waals surface area contributed by atoms with Crippen molar-refractivity contribution in [2.45, 2.75) is 51.2 Å². The minimum Gasteiger partial charge on any atom is -0.389 e. The Morgan fingerprint density at radius 3 is 2.36 bits per heavy atom. The first-order valence-corrected chi connectivity index (χ1v) is 15.1. The molecule has 0 amide bonds. The third kappa shape index (κ3) is 5.66. The summed E-state index contributed by atoms with van der Waals surface area (Å²) in [6.45, 7) is 7.87. The second kappa shape index (κ2) is 11.4. The number of rotatable bonds is 9. The van der Waals surface area contributed by atoms with Crippen LogP contribution in [0.5, 0.6) is 0 Å². The number of fused-ring (bicyclic) bond motifs is 1. The number of nitrogens with zero attached hydrogens (tertiary/aromatic N) is 2. The van der Waals surface area contributed by atoms with Crippen LogP contribution in [-0.4, -0.2) is 48.1 Å². The van der Waals surface area contributed by atoms with Gasteiger partial charge in [-0.2, -0.15) is 4.31 Å². The van der Waals surface area contributed by atoms with Gasteiger partial charge in [0.25, 0.3) is 0 Å². The van der Waals surface area contributed by atoms with Crippen molar-refractivity contribution in [3.8, 4) is 0 Å². The zero-order valence-electron chi connectivity index (χ0n) is 22.9. The predicted molar refractivity (Wildman–Crippen MR) is 160 cm³/mol. The highest BCUT2D eigenvalue weighted by molar-refractivity contribution is 7.89. The summed E-state index contributed by atoms with van der Waals surface area (Å²) in [5, 5.41) is 15.4. The van der Waals surface area contributed by atoms with Crippen molar-refractivity contribution in [1.29, 1.82) is 0 Å². The third-order valence-electron chi connectivity index (χ3n) is 7.68. The van der Waals surface area contributed by atoms with Crippen LogP contribution in [0.3, 0.4) is 0 Å². The van der Waals surface area contributed by atoms with Gasteiger partial charge in [0.2, 0.25) is 10.0 Å². The van der Waals surface area contributed by atoms with E-state index < -0.39 is 16.1 Å². The maximum atomic E-state index is 13.2. The summed E-state index contributed by atoms with van der Waals surface area (Å²) in [6.07, 6.45) is 3.11. The van der Waals surface area contributed by atoms with E-state index in [1.54, 1.807) is 16.4 Å².